The molecule has 1 aliphatic rings. The Balaban J connectivity index is 1.69. The largest absolute Gasteiger partial charge is 0.250 e. The van der Waals surface area contributed by atoms with Crippen molar-refractivity contribution in [2.45, 2.75) is 41.8 Å². The number of hydrogen-bond donors (Lipinski definition) is 1. The molecule has 1 fully saturated rings. The van der Waals surface area contributed by atoms with Crippen molar-refractivity contribution < 1.29 is 16.8 Å². The van der Waals surface area contributed by atoms with Crippen LogP contribution in [0, 0.1) is 13.8 Å². The fourth-order valence-corrected chi connectivity index (χ4v) is 7.13. The molecule has 1 N–H and O–H groups in total. The van der Waals surface area contributed by atoms with Crippen molar-refractivity contribution in [1.29, 1.82) is 0 Å². The zero-order valence-electron chi connectivity index (χ0n) is 14.7. The first-order valence-electron chi connectivity index (χ1n) is 8.33. The van der Waals surface area contributed by atoms with Crippen molar-refractivity contribution in [1.82, 2.24) is 9.03 Å². The van der Waals surface area contributed by atoms with E-state index in [9.17, 15) is 16.8 Å². The minimum absolute atomic E-state index is 0.257. The Labute approximate surface area is 159 Å². The van der Waals surface area contributed by atoms with Crippen LogP contribution in [0.3, 0.4) is 0 Å². The van der Waals surface area contributed by atoms with Gasteiger partial charge in [0, 0.05) is 19.1 Å². The summed E-state index contributed by atoms with van der Waals surface area (Å²) in [4.78, 5) is 0.329. The molecule has 26 heavy (non-hydrogen) atoms. The molecular formula is C17H22N2O4S3. The molecule has 0 radical (unpaired) electrons. The lowest BCUT2D eigenvalue weighted by atomic mass is 10.1. The van der Waals surface area contributed by atoms with Gasteiger partial charge in [-0.25, -0.2) is 21.6 Å². The predicted octanol–water partition coefficient (Wildman–Crippen LogP) is 2.50. The number of thiophene rings is 1. The van der Waals surface area contributed by atoms with Crippen molar-refractivity contribution >= 4 is 31.4 Å². The van der Waals surface area contributed by atoms with Crippen molar-refractivity contribution in [3.8, 4) is 0 Å². The second-order valence-electron chi connectivity index (χ2n) is 6.50. The normalized spacial score (nSPS) is 17.5. The summed E-state index contributed by atoms with van der Waals surface area (Å²) in [6, 6.07) is 8.39. The maximum Gasteiger partial charge on any atom is 0.250 e. The molecule has 0 aliphatic carbocycles. The van der Waals surface area contributed by atoms with Gasteiger partial charge in [0.2, 0.25) is 20.0 Å². The third kappa shape index (κ3) is 4.01. The fourth-order valence-electron chi connectivity index (χ4n) is 3.03. The average Bonchev–Trinajstić information content (AvgIpc) is 3.13. The van der Waals surface area contributed by atoms with E-state index in [1.807, 2.05) is 19.1 Å². The van der Waals surface area contributed by atoms with Gasteiger partial charge in [0.15, 0.2) is 0 Å². The quantitative estimate of drug-likeness (QED) is 0.815. The van der Waals surface area contributed by atoms with Gasteiger partial charge in [0.1, 0.15) is 4.21 Å². The van der Waals surface area contributed by atoms with E-state index in [0.29, 0.717) is 30.8 Å². The maximum absolute atomic E-state index is 12.9. The van der Waals surface area contributed by atoms with E-state index in [1.165, 1.54) is 15.6 Å². The number of sulfonamides is 2. The summed E-state index contributed by atoms with van der Waals surface area (Å²) < 4.78 is 54.9. The molecule has 9 heteroatoms. The first kappa shape index (κ1) is 19.5. The van der Waals surface area contributed by atoms with Crippen LogP contribution in [-0.2, 0) is 20.0 Å². The number of aryl methyl sites for hydroxylation is 2. The minimum atomic E-state index is -3.57. The molecular weight excluding hydrogens is 392 g/mol. The SMILES string of the molecule is Cc1ccc(C)c(S(=O)(=O)N2CCC(NS(=O)(=O)c3cccs3)CC2)c1. The number of piperidine rings is 1. The highest BCUT2D eigenvalue weighted by Gasteiger charge is 2.32. The van der Waals surface area contributed by atoms with Crippen LogP contribution in [0.15, 0.2) is 44.8 Å². The second kappa shape index (κ2) is 7.40. The molecule has 0 spiro atoms. The van der Waals surface area contributed by atoms with Crippen LogP contribution in [0.5, 0.6) is 0 Å². The third-order valence-electron chi connectivity index (χ3n) is 4.50. The number of rotatable bonds is 5. The van der Waals surface area contributed by atoms with Crippen LogP contribution in [0.25, 0.3) is 0 Å². The van der Waals surface area contributed by atoms with Crippen LogP contribution in [-0.4, -0.2) is 40.3 Å². The molecule has 3 rings (SSSR count). The lowest BCUT2D eigenvalue weighted by molar-refractivity contribution is 0.308. The molecule has 0 atom stereocenters. The molecule has 1 aromatic carbocycles. The Kier molecular flexibility index (Phi) is 5.55. The van der Waals surface area contributed by atoms with E-state index >= 15 is 0 Å². The van der Waals surface area contributed by atoms with Crippen molar-refractivity contribution in [3.63, 3.8) is 0 Å². The minimum Gasteiger partial charge on any atom is -0.207 e. The average molecular weight is 415 g/mol. The predicted molar refractivity (Wildman–Crippen MR) is 102 cm³/mol. The first-order chi connectivity index (χ1) is 12.2. The fraction of sp³-hybridized carbons (Fsp3) is 0.412. The van der Waals surface area contributed by atoms with Crippen LogP contribution < -0.4 is 4.72 Å². The highest BCUT2D eigenvalue weighted by atomic mass is 32.2. The summed E-state index contributed by atoms with van der Waals surface area (Å²) >= 11 is 1.17. The van der Waals surface area contributed by atoms with Gasteiger partial charge in [0.05, 0.1) is 4.90 Å². The summed E-state index contributed by atoms with van der Waals surface area (Å²) in [5, 5.41) is 1.72. The number of nitrogens with one attached hydrogen (secondary N) is 1. The van der Waals surface area contributed by atoms with E-state index < -0.39 is 20.0 Å². The maximum atomic E-state index is 12.9. The van der Waals surface area contributed by atoms with E-state index in [4.69, 9.17) is 0 Å². The van der Waals surface area contributed by atoms with E-state index in [2.05, 4.69) is 4.72 Å². The van der Waals surface area contributed by atoms with Gasteiger partial charge in [-0.2, -0.15) is 4.31 Å². The highest BCUT2D eigenvalue weighted by molar-refractivity contribution is 7.91. The Morgan fingerprint density at radius 3 is 2.38 bits per heavy atom. The number of nitrogens with zero attached hydrogens (tertiary/aromatic N) is 1. The van der Waals surface area contributed by atoms with Gasteiger partial charge in [-0.3, -0.25) is 0 Å². The highest BCUT2D eigenvalue weighted by Crippen LogP contribution is 2.25. The number of benzene rings is 1. The summed E-state index contributed by atoms with van der Waals surface area (Å²) in [7, 11) is -7.10. The molecule has 0 unspecified atom stereocenters. The second-order valence-corrected chi connectivity index (χ2v) is 11.3. The Hall–Kier alpha value is -1.26. The summed E-state index contributed by atoms with van der Waals surface area (Å²) in [5.41, 5.74) is 1.61. The summed E-state index contributed by atoms with van der Waals surface area (Å²) in [5.74, 6) is 0. The van der Waals surface area contributed by atoms with Crippen molar-refractivity contribution in [3.05, 3.63) is 46.8 Å². The zero-order chi connectivity index (χ0) is 18.9. The molecule has 1 saturated heterocycles. The molecule has 2 aromatic rings. The van der Waals surface area contributed by atoms with Crippen molar-refractivity contribution in [2.24, 2.45) is 0 Å². The zero-order valence-corrected chi connectivity index (χ0v) is 17.1. The molecule has 1 aliphatic heterocycles. The topological polar surface area (TPSA) is 83.6 Å². The van der Waals surface area contributed by atoms with E-state index in [-0.39, 0.29) is 10.3 Å². The summed E-state index contributed by atoms with van der Waals surface area (Å²) in [6.45, 7) is 4.25. The Morgan fingerprint density at radius 2 is 1.77 bits per heavy atom. The number of hydrogen-bond acceptors (Lipinski definition) is 5. The van der Waals surface area contributed by atoms with Gasteiger partial charge < -0.3 is 0 Å². The summed E-state index contributed by atoms with van der Waals surface area (Å²) in [6.07, 6.45) is 0.906. The van der Waals surface area contributed by atoms with E-state index in [0.717, 1.165) is 11.1 Å². The van der Waals surface area contributed by atoms with Gasteiger partial charge in [-0.1, -0.05) is 18.2 Å². The van der Waals surface area contributed by atoms with Gasteiger partial charge in [0.25, 0.3) is 0 Å². The Morgan fingerprint density at radius 1 is 1.08 bits per heavy atom. The standard InChI is InChI=1S/C17H22N2O4S3/c1-13-5-6-14(2)16(12-13)26(22,23)19-9-7-15(8-10-19)18-25(20,21)17-4-3-11-24-17/h3-6,11-12,15,18H,7-10H2,1-2H3. The molecule has 2 heterocycles. The third-order valence-corrected chi connectivity index (χ3v) is 9.46. The molecule has 0 bridgehead atoms. The molecule has 6 nitrogen and oxygen atoms in total. The van der Waals surface area contributed by atoms with Crippen LogP contribution >= 0.6 is 11.3 Å². The molecule has 1 aromatic heterocycles. The lowest BCUT2D eigenvalue weighted by Gasteiger charge is -2.31. The van der Waals surface area contributed by atoms with Crippen LogP contribution in [0.2, 0.25) is 0 Å². The van der Waals surface area contributed by atoms with Crippen LogP contribution in [0.1, 0.15) is 24.0 Å². The van der Waals surface area contributed by atoms with Gasteiger partial charge >= 0.3 is 0 Å². The molecule has 142 valence electrons. The van der Waals surface area contributed by atoms with Crippen molar-refractivity contribution in [2.75, 3.05) is 13.1 Å². The van der Waals surface area contributed by atoms with E-state index in [1.54, 1.807) is 30.5 Å². The Bertz CT molecular complexity index is 975. The smallest absolute Gasteiger partial charge is 0.207 e. The molecule has 0 amide bonds. The molecule has 0 saturated carbocycles. The lowest BCUT2D eigenvalue weighted by Crippen LogP contribution is -2.46. The van der Waals surface area contributed by atoms with Crippen LogP contribution in [0.4, 0.5) is 0 Å². The monoisotopic (exact) mass is 414 g/mol. The first-order valence-corrected chi connectivity index (χ1v) is 12.1. The van der Waals surface area contributed by atoms with Gasteiger partial charge in [-0.05, 0) is 55.3 Å². The van der Waals surface area contributed by atoms with Gasteiger partial charge in [-0.15, -0.1) is 11.3 Å².